The summed E-state index contributed by atoms with van der Waals surface area (Å²) < 4.78 is 5.63. The van der Waals surface area contributed by atoms with E-state index in [4.69, 9.17) is 4.43 Å². The fourth-order valence-electron chi connectivity index (χ4n) is 2.93. The predicted molar refractivity (Wildman–Crippen MR) is 69.7 cm³/mol. The Morgan fingerprint density at radius 1 is 1.33 bits per heavy atom. The predicted octanol–water partition coefficient (Wildman–Crippen LogP) is 3.04. The van der Waals surface area contributed by atoms with E-state index in [0.717, 1.165) is 22.8 Å². The van der Waals surface area contributed by atoms with Gasteiger partial charge in [0.1, 0.15) is 0 Å². The van der Waals surface area contributed by atoms with Gasteiger partial charge in [-0.3, -0.25) is 0 Å². The minimum atomic E-state index is 0.418. The molecule has 15 heavy (non-hydrogen) atoms. The molecule has 0 spiro atoms. The molecule has 0 aromatic heterocycles. The second-order valence-electron chi connectivity index (χ2n) is 5.96. The highest BCUT2D eigenvalue weighted by Crippen LogP contribution is 2.42. The molecular weight excluding hydrogens is 200 g/mol. The summed E-state index contributed by atoms with van der Waals surface area (Å²) in [6.45, 7) is 11.7. The van der Waals surface area contributed by atoms with Crippen LogP contribution in [0, 0.1) is 17.3 Å². The molecule has 0 N–H and O–H groups in total. The molecule has 0 fully saturated rings. The molecule has 1 aliphatic rings. The van der Waals surface area contributed by atoms with Crippen LogP contribution in [0.2, 0.25) is 0 Å². The molecule has 1 rings (SSSR count). The Hall–Kier alpha value is -0.243. The highest BCUT2D eigenvalue weighted by molar-refractivity contribution is 5.98. The zero-order chi connectivity index (χ0) is 11.6. The third-order valence-corrected chi connectivity index (χ3v) is 4.50. The van der Waals surface area contributed by atoms with Crippen molar-refractivity contribution in [3.8, 4) is 0 Å². The molecule has 0 aromatic rings. The van der Waals surface area contributed by atoms with Gasteiger partial charge in [-0.05, 0) is 42.6 Å². The van der Waals surface area contributed by atoms with Gasteiger partial charge in [0.25, 0.3) is 0 Å². The Kier molecular flexibility index (Phi) is 4.04. The lowest BCUT2D eigenvalue weighted by molar-refractivity contribution is 0.175. The largest absolute Gasteiger partial charge is 0.556 e. The van der Waals surface area contributed by atoms with Gasteiger partial charge in [-0.1, -0.05) is 27.7 Å². The number of hydrogen-bond donors (Lipinski definition) is 0. The van der Waals surface area contributed by atoms with E-state index in [2.05, 4.69) is 34.6 Å². The summed E-state index contributed by atoms with van der Waals surface area (Å²) in [4.78, 5) is 0. The Morgan fingerprint density at radius 2 is 1.93 bits per heavy atom. The highest BCUT2D eigenvalue weighted by Gasteiger charge is 2.32. The molecule has 1 aliphatic carbocycles. The minimum Gasteiger partial charge on any atom is -0.556 e. The van der Waals surface area contributed by atoms with Crippen molar-refractivity contribution in [2.75, 3.05) is 0 Å². The van der Waals surface area contributed by atoms with Gasteiger partial charge in [0.2, 0.25) is 10.5 Å². The van der Waals surface area contributed by atoms with E-state index in [9.17, 15) is 0 Å². The molecule has 1 nitrogen and oxygen atoms in total. The van der Waals surface area contributed by atoms with E-state index >= 15 is 0 Å². The topological polar surface area (TPSA) is 9.23 Å². The van der Waals surface area contributed by atoms with Gasteiger partial charge in [-0.2, -0.15) is 0 Å². The van der Waals surface area contributed by atoms with Crippen molar-refractivity contribution >= 4 is 10.5 Å². The molecule has 0 aromatic carbocycles. The van der Waals surface area contributed by atoms with Crippen molar-refractivity contribution in [3.63, 3.8) is 0 Å². The quantitative estimate of drug-likeness (QED) is 0.625. The van der Waals surface area contributed by atoms with Gasteiger partial charge in [0.05, 0.1) is 5.76 Å². The van der Waals surface area contributed by atoms with E-state index < -0.39 is 0 Å². The molecule has 0 radical (unpaired) electrons. The van der Waals surface area contributed by atoms with E-state index in [0.29, 0.717) is 11.3 Å². The van der Waals surface area contributed by atoms with Gasteiger partial charge in [-0.25, -0.2) is 0 Å². The Bertz CT molecular complexity index is 250. The summed E-state index contributed by atoms with van der Waals surface area (Å²) in [5.74, 6) is 2.77. The van der Waals surface area contributed by atoms with Crippen molar-refractivity contribution in [1.29, 1.82) is 0 Å². The Morgan fingerprint density at radius 3 is 2.40 bits per heavy atom. The van der Waals surface area contributed by atoms with Crippen LogP contribution in [0.1, 0.15) is 53.9 Å². The lowest BCUT2D eigenvalue weighted by Gasteiger charge is -2.35. The molecule has 0 heterocycles. The average molecular weight is 226 g/mol. The van der Waals surface area contributed by atoms with Crippen molar-refractivity contribution in [1.82, 2.24) is 0 Å². The van der Waals surface area contributed by atoms with Crippen LogP contribution < -0.4 is 0 Å². The molecule has 0 bridgehead atoms. The zero-order valence-corrected chi connectivity index (χ0v) is 13.2. The molecule has 0 saturated carbocycles. The van der Waals surface area contributed by atoms with E-state index in [-0.39, 0.29) is 0 Å². The standard InChI is InChI=1S/C13H26OSi/c1-9-10(2)12(14-15)8-6-7-11(9)13(3,4)5/h9,11H,6-8H2,1-5,15H3. The van der Waals surface area contributed by atoms with Gasteiger partial charge in [-0.15, -0.1) is 0 Å². The first-order valence-corrected chi connectivity index (χ1v) is 6.93. The fraction of sp³-hybridized carbons (Fsp3) is 0.846. The molecular formula is C13H26OSi. The molecule has 2 heteroatoms. The van der Waals surface area contributed by atoms with Crippen LogP contribution in [0.25, 0.3) is 0 Å². The normalized spacial score (nSPS) is 29.1. The number of rotatable bonds is 1. The van der Waals surface area contributed by atoms with Crippen LogP contribution in [0.4, 0.5) is 0 Å². The van der Waals surface area contributed by atoms with E-state index in [1.54, 1.807) is 0 Å². The first kappa shape index (κ1) is 12.8. The summed E-state index contributed by atoms with van der Waals surface area (Å²) in [6.07, 6.45) is 3.80. The summed E-state index contributed by atoms with van der Waals surface area (Å²) >= 11 is 0. The van der Waals surface area contributed by atoms with Crippen LogP contribution >= 0.6 is 0 Å². The molecule has 88 valence electrons. The summed E-state index contributed by atoms with van der Waals surface area (Å²) in [5, 5.41) is 0. The van der Waals surface area contributed by atoms with Crippen molar-refractivity contribution in [2.45, 2.75) is 53.9 Å². The SMILES string of the molecule is CC1=C(O[SiH3])CCCC(C(C)(C)C)C1C. The van der Waals surface area contributed by atoms with Crippen LogP contribution in [0.5, 0.6) is 0 Å². The lowest BCUT2D eigenvalue weighted by Crippen LogP contribution is -2.26. The summed E-state index contributed by atoms with van der Waals surface area (Å²) in [6, 6.07) is 0. The van der Waals surface area contributed by atoms with Crippen molar-refractivity contribution in [3.05, 3.63) is 11.3 Å². The van der Waals surface area contributed by atoms with Gasteiger partial charge >= 0.3 is 0 Å². The maximum atomic E-state index is 5.63. The van der Waals surface area contributed by atoms with E-state index in [1.165, 1.54) is 24.2 Å². The first-order chi connectivity index (χ1) is 6.88. The second kappa shape index (κ2) is 4.73. The van der Waals surface area contributed by atoms with Crippen LogP contribution in [-0.4, -0.2) is 10.5 Å². The number of allylic oxidation sites excluding steroid dienone is 2. The minimum absolute atomic E-state index is 0.418. The van der Waals surface area contributed by atoms with Gasteiger partial charge in [0, 0.05) is 6.42 Å². The lowest BCUT2D eigenvalue weighted by atomic mass is 9.70. The fourth-order valence-corrected chi connectivity index (χ4v) is 3.46. The molecule has 0 saturated heterocycles. The Balaban J connectivity index is 2.94. The summed E-state index contributed by atoms with van der Waals surface area (Å²) in [7, 11) is 0.833. The van der Waals surface area contributed by atoms with Crippen LogP contribution in [0.3, 0.4) is 0 Å². The third kappa shape index (κ3) is 2.87. The molecule has 0 amide bonds. The zero-order valence-electron chi connectivity index (χ0n) is 11.2. The van der Waals surface area contributed by atoms with E-state index in [1.807, 2.05) is 0 Å². The smallest absolute Gasteiger partial charge is 0.203 e. The van der Waals surface area contributed by atoms with Gasteiger partial charge < -0.3 is 4.43 Å². The second-order valence-corrected chi connectivity index (χ2v) is 6.37. The number of hydrogen-bond acceptors (Lipinski definition) is 1. The molecule has 2 atom stereocenters. The van der Waals surface area contributed by atoms with Crippen LogP contribution in [-0.2, 0) is 4.43 Å². The first-order valence-electron chi connectivity index (χ1n) is 6.11. The van der Waals surface area contributed by atoms with Crippen LogP contribution in [0.15, 0.2) is 11.3 Å². The Labute approximate surface area is 97.8 Å². The summed E-state index contributed by atoms with van der Waals surface area (Å²) in [5.41, 5.74) is 1.92. The van der Waals surface area contributed by atoms with Crippen molar-refractivity contribution in [2.24, 2.45) is 17.3 Å². The monoisotopic (exact) mass is 226 g/mol. The maximum absolute atomic E-state index is 5.63. The van der Waals surface area contributed by atoms with Gasteiger partial charge in [0.15, 0.2) is 0 Å². The van der Waals surface area contributed by atoms with Crippen molar-refractivity contribution < 1.29 is 4.43 Å². The highest BCUT2D eigenvalue weighted by atomic mass is 28.2. The maximum Gasteiger partial charge on any atom is 0.203 e. The third-order valence-electron chi connectivity index (χ3n) is 4.00. The molecule has 0 aliphatic heterocycles. The average Bonchev–Trinajstić information content (AvgIpc) is 2.27. The molecule has 2 unspecified atom stereocenters.